The summed E-state index contributed by atoms with van der Waals surface area (Å²) in [6.45, 7) is 3.83. The Kier molecular flexibility index (Phi) is 9.70. The number of halogens is 1. The van der Waals surface area contributed by atoms with Gasteiger partial charge in [0.2, 0.25) is 11.8 Å². The van der Waals surface area contributed by atoms with Crippen molar-refractivity contribution in [2.75, 3.05) is 6.61 Å². The van der Waals surface area contributed by atoms with Crippen LogP contribution in [0, 0.1) is 23.7 Å². The zero-order valence-corrected chi connectivity index (χ0v) is 26.1. The lowest BCUT2D eigenvalue weighted by atomic mass is 9.66. The van der Waals surface area contributed by atoms with Crippen molar-refractivity contribution in [3.05, 3.63) is 75.3 Å². The molecular weight excluding hydrogens is 594 g/mol. The third-order valence-electron chi connectivity index (χ3n) is 9.50. The summed E-state index contributed by atoms with van der Waals surface area (Å²) in [6, 6.07) is 15.1. The minimum Gasteiger partial charge on any atom is -0.507 e. The Morgan fingerprint density at radius 3 is 2.43 bits per heavy atom. The van der Waals surface area contributed by atoms with Crippen molar-refractivity contribution < 1.29 is 24.9 Å². The summed E-state index contributed by atoms with van der Waals surface area (Å²) in [4.78, 5) is 29.0. The molecule has 0 unspecified atom stereocenters. The molecule has 3 N–H and O–H groups in total. The molecule has 0 spiro atoms. The highest BCUT2D eigenvalue weighted by Crippen LogP contribution is 2.49. The number of carbonyl (C=O) groups is 2. The van der Waals surface area contributed by atoms with E-state index >= 15 is 0 Å². The number of amides is 2. The molecule has 2 amide bonds. The van der Waals surface area contributed by atoms with Crippen LogP contribution in [0.4, 0.5) is 0 Å². The van der Waals surface area contributed by atoms with Crippen LogP contribution >= 0.6 is 15.9 Å². The number of imide groups is 1. The van der Waals surface area contributed by atoms with Crippen LogP contribution < -0.4 is 0 Å². The minimum atomic E-state index is -0.879. The van der Waals surface area contributed by atoms with E-state index in [1.54, 1.807) is 12.1 Å². The summed E-state index contributed by atoms with van der Waals surface area (Å²) < 4.78 is 0.853. The fourth-order valence-electron chi connectivity index (χ4n) is 7.40. The molecule has 0 radical (unpaired) electrons. The van der Waals surface area contributed by atoms with Gasteiger partial charge in [-0.2, -0.15) is 0 Å². The fraction of sp³-hybridized carbons (Fsp3) is 0.486. The molecule has 1 saturated carbocycles. The zero-order chi connectivity index (χ0) is 30.0. The molecule has 1 saturated heterocycles. The number of aliphatic hydroxyl groups excluding tert-OH is 2. The van der Waals surface area contributed by atoms with Crippen LogP contribution in [0.25, 0.3) is 11.6 Å². The fourth-order valence-corrected chi connectivity index (χ4v) is 7.78. The first-order valence-corrected chi connectivity index (χ1v) is 16.1. The number of fused-ring (bicyclic) bond motifs is 1. The van der Waals surface area contributed by atoms with E-state index in [0.717, 1.165) is 58.9 Å². The Balaban J connectivity index is 1.44. The third kappa shape index (κ3) is 6.15. The monoisotopic (exact) mass is 635 g/mol. The highest BCUT2D eigenvalue weighted by atomic mass is 79.9. The molecular formula is C35H42BrNO5. The van der Waals surface area contributed by atoms with E-state index in [-0.39, 0.29) is 36.1 Å². The summed E-state index contributed by atoms with van der Waals surface area (Å²) in [5, 5.41) is 33.0. The van der Waals surface area contributed by atoms with E-state index in [0.29, 0.717) is 24.8 Å². The van der Waals surface area contributed by atoms with Crippen LogP contribution in [0.2, 0.25) is 0 Å². The second-order valence-electron chi connectivity index (χ2n) is 12.4. The summed E-state index contributed by atoms with van der Waals surface area (Å²) in [5.74, 6) is -1.70. The molecule has 2 fully saturated rings. The van der Waals surface area contributed by atoms with Crippen LogP contribution in [0.15, 0.2) is 64.1 Å². The number of hydrogen-bond acceptors (Lipinski definition) is 5. The molecule has 5 rings (SSSR count). The molecule has 4 atom stereocenters. The largest absolute Gasteiger partial charge is 0.507 e. The standard InChI is InChI=1S/C35H42BrNO5/c1-21(2)27-19-28-33(35(42)37(34(28)41)26-11-7-4-8-12-26)29(20-38)32(27)31(40)15-13-23(22-9-5-3-6-10-22)17-24-18-25(36)14-16-30(24)39/h3,5-6,9-10,14,16-18,21,26,28-29,31,33,38-40H,4,7-8,11-13,15,19-20H2,1-2H3/b23-17-/t28-,29+,31-,33-/m1/s1. The van der Waals surface area contributed by atoms with Crippen molar-refractivity contribution in [1.29, 1.82) is 0 Å². The predicted octanol–water partition coefficient (Wildman–Crippen LogP) is 6.74. The van der Waals surface area contributed by atoms with Crippen molar-refractivity contribution >= 4 is 39.4 Å². The van der Waals surface area contributed by atoms with Gasteiger partial charge in [-0.15, -0.1) is 0 Å². The molecule has 3 aliphatic rings. The highest BCUT2D eigenvalue weighted by molar-refractivity contribution is 9.10. The minimum absolute atomic E-state index is 0.0485. The number of nitrogens with zero attached hydrogens (tertiary/aromatic N) is 1. The van der Waals surface area contributed by atoms with Gasteiger partial charge in [0.25, 0.3) is 0 Å². The molecule has 0 aromatic heterocycles. The number of rotatable bonds is 9. The first kappa shape index (κ1) is 30.7. The first-order valence-electron chi connectivity index (χ1n) is 15.3. The molecule has 2 aromatic carbocycles. The highest BCUT2D eigenvalue weighted by Gasteiger charge is 2.56. The number of allylic oxidation sites excluding steroid dienone is 2. The van der Waals surface area contributed by atoms with E-state index < -0.39 is 23.9 Å². The lowest BCUT2D eigenvalue weighted by molar-refractivity contribution is -0.143. The second kappa shape index (κ2) is 13.3. The van der Waals surface area contributed by atoms with Crippen LogP contribution in [-0.2, 0) is 9.59 Å². The van der Waals surface area contributed by atoms with E-state index in [1.165, 1.54) is 4.90 Å². The number of phenolic OH excluding ortho intramolecular Hbond substituents is 1. The lowest BCUT2D eigenvalue weighted by Crippen LogP contribution is -2.42. The van der Waals surface area contributed by atoms with Crippen LogP contribution in [-0.4, -0.2) is 50.8 Å². The van der Waals surface area contributed by atoms with E-state index in [4.69, 9.17) is 0 Å². The number of likely N-dealkylation sites (tertiary alicyclic amines) is 1. The molecule has 2 aliphatic carbocycles. The summed E-state index contributed by atoms with van der Waals surface area (Å²) in [5.41, 5.74) is 4.35. The van der Waals surface area contributed by atoms with Crippen molar-refractivity contribution in [3.63, 3.8) is 0 Å². The van der Waals surface area contributed by atoms with Gasteiger partial charge < -0.3 is 15.3 Å². The van der Waals surface area contributed by atoms with Gasteiger partial charge in [0.1, 0.15) is 5.75 Å². The number of hydrogen-bond donors (Lipinski definition) is 3. The van der Waals surface area contributed by atoms with Gasteiger partial charge in [-0.25, -0.2) is 0 Å². The first-order chi connectivity index (χ1) is 20.2. The topological polar surface area (TPSA) is 98.1 Å². The molecule has 1 heterocycles. The molecule has 6 nitrogen and oxygen atoms in total. The van der Waals surface area contributed by atoms with Crippen molar-refractivity contribution in [1.82, 2.24) is 4.90 Å². The van der Waals surface area contributed by atoms with Gasteiger partial charge in [0.05, 0.1) is 24.5 Å². The Labute approximate surface area is 257 Å². The number of benzene rings is 2. The van der Waals surface area contributed by atoms with Gasteiger partial charge in [-0.05, 0) is 79.0 Å². The quantitative estimate of drug-likeness (QED) is 0.161. The number of aromatic hydroxyl groups is 1. The Bertz CT molecular complexity index is 1360. The maximum Gasteiger partial charge on any atom is 0.234 e. The average molecular weight is 637 g/mol. The summed E-state index contributed by atoms with van der Waals surface area (Å²) in [7, 11) is 0. The SMILES string of the molecule is CC(C)C1=C([C@H](O)CC/C(=C/c2cc(Br)ccc2O)c2ccccc2)[C@H](CO)[C@@H]2C(=O)N(C3CCCCC3)C(=O)[C@@H]2C1. The van der Waals surface area contributed by atoms with Gasteiger partial charge in [0, 0.05) is 22.0 Å². The zero-order valence-electron chi connectivity index (χ0n) is 24.5. The Hall–Kier alpha value is -2.74. The number of phenols is 1. The van der Waals surface area contributed by atoms with E-state index in [2.05, 4.69) is 29.8 Å². The maximum atomic E-state index is 13.8. The van der Waals surface area contributed by atoms with Gasteiger partial charge in [0.15, 0.2) is 0 Å². The van der Waals surface area contributed by atoms with Crippen molar-refractivity contribution in [3.8, 4) is 5.75 Å². The maximum absolute atomic E-state index is 13.8. The van der Waals surface area contributed by atoms with Crippen LogP contribution in [0.1, 0.15) is 76.3 Å². The van der Waals surface area contributed by atoms with E-state index in [1.807, 2.05) is 42.5 Å². The summed E-state index contributed by atoms with van der Waals surface area (Å²) in [6.07, 6.45) is 7.29. The molecule has 7 heteroatoms. The number of aliphatic hydroxyl groups is 2. The average Bonchev–Trinajstić information content (AvgIpc) is 3.25. The molecule has 0 bridgehead atoms. The van der Waals surface area contributed by atoms with E-state index in [9.17, 15) is 24.9 Å². The van der Waals surface area contributed by atoms with Crippen LogP contribution in [0.5, 0.6) is 5.75 Å². The summed E-state index contributed by atoms with van der Waals surface area (Å²) >= 11 is 3.49. The molecule has 224 valence electrons. The second-order valence-corrected chi connectivity index (χ2v) is 13.3. The molecule has 42 heavy (non-hydrogen) atoms. The third-order valence-corrected chi connectivity index (χ3v) is 9.99. The van der Waals surface area contributed by atoms with Gasteiger partial charge >= 0.3 is 0 Å². The van der Waals surface area contributed by atoms with Gasteiger partial charge in [-0.3, -0.25) is 14.5 Å². The van der Waals surface area contributed by atoms with Gasteiger partial charge in [-0.1, -0.05) is 84.9 Å². The Morgan fingerprint density at radius 1 is 1.05 bits per heavy atom. The normalized spacial score (nSPS) is 24.5. The lowest BCUT2D eigenvalue weighted by Gasteiger charge is -2.38. The van der Waals surface area contributed by atoms with Crippen LogP contribution in [0.3, 0.4) is 0 Å². The predicted molar refractivity (Wildman–Crippen MR) is 168 cm³/mol. The molecule has 1 aliphatic heterocycles. The molecule has 2 aromatic rings. The Morgan fingerprint density at radius 2 is 1.76 bits per heavy atom. The van der Waals surface area contributed by atoms with Crippen molar-refractivity contribution in [2.45, 2.75) is 77.4 Å². The number of carbonyl (C=O) groups excluding carboxylic acids is 2. The smallest absolute Gasteiger partial charge is 0.234 e. The van der Waals surface area contributed by atoms with Crippen molar-refractivity contribution in [2.24, 2.45) is 23.7 Å².